The molecule has 2 aliphatic carbocycles. The highest BCUT2D eigenvalue weighted by Gasteiger charge is 2.46. The number of carbonyl (C=O) groups excluding carboxylic acids is 1. The molecule has 0 radical (unpaired) electrons. The maximum absolute atomic E-state index is 12.2. The minimum Gasteiger partial charge on any atom is -0.490 e. The van der Waals surface area contributed by atoms with E-state index >= 15 is 0 Å². The summed E-state index contributed by atoms with van der Waals surface area (Å²) in [5.74, 6) is 1.42. The molecule has 0 spiro atoms. The van der Waals surface area contributed by atoms with E-state index in [1.54, 1.807) is 11.8 Å². The molecule has 5 rings (SSSR count). The molecule has 0 saturated heterocycles. The number of aryl methyl sites for hydroxylation is 1. The molecule has 0 unspecified atom stereocenters. The number of hydrogen-bond donors (Lipinski definition) is 7. The predicted molar refractivity (Wildman–Crippen MR) is 179 cm³/mol. The normalized spacial score (nSPS) is 17.8. The van der Waals surface area contributed by atoms with E-state index in [-0.39, 0.29) is 24.4 Å². The molecule has 0 aliphatic heterocycles. The maximum atomic E-state index is 12.2. The third-order valence-corrected chi connectivity index (χ3v) is 9.75. The third-order valence-electron chi connectivity index (χ3n) is 8.73. The van der Waals surface area contributed by atoms with Crippen molar-refractivity contribution in [2.24, 2.45) is 0 Å². The fraction of sp³-hybridized carbons (Fsp3) is 0.514. The van der Waals surface area contributed by atoms with Crippen molar-refractivity contribution >= 4 is 17.7 Å². The van der Waals surface area contributed by atoms with E-state index in [0.29, 0.717) is 19.1 Å². The van der Waals surface area contributed by atoms with Crippen LogP contribution < -0.4 is 15.4 Å². The molecule has 2 fully saturated rings. The summed E-state index contributed by atoms with van der Waals surface area (Å²) in [7, 11) is 0. The number of hydrogen-bond acceptors (Lipinski definition) is 11. The Bertz CT molecular complexity index is 1490. The largest absolute Gasteiger partial charge is 0.490 e. The number of aliphatic hydroxyl groups is 5. The Morgan fingerprint density at radius 1 is 1.02 bits per heavy atom. The number of ether oxygens (including phenoxy) is 1. The highest BCUT2D eigenvalue weighted by atomic mass is 32.2. The molecule has 4 atom stereocenters. The monoisotopic (exact) mass is 666 g/mol. The van der Waals surface area contributed by atoms with Crippen molar-refractivity contribution in [2.75, 3.05) is 18.9 Å². The number of aliphatic hydroxyl groups excluding tert-OH is 5. The van der Waals surface area contributed by atoms with Gasteiger partial charge in [-0.3, -0.25) is 9.78 Å². The Balaban J connectivity index is 1.09. The van der Waals surface area contributed by atoms with Gasteiger partial charge in [0.25, 0.3) is 0 Å². The van der Waals surface area contributed by atoms with Gasteiger partial charge in [0, 0.05) is 43.0 Å². The number of aromatic nitrogens is 2. The van der Waals surface area contributed by atoms with Crippen LogP contribution in [0.3, 0.4) is 0 Å². The average Bonchev–Trinajstić information content (AvgIpc) is 4.04. The Labute approximate surface area is 279 Å². The molecule has 2 heterocycles. The standard InChI is InChI=1S/C35H46N4O7S/c1-22-9-12-32(47-17-5-4-8-31(43)37-20-28(41)33(44)34(45)29(42)21-40)39-27(22)19-38-35(14-15-35)26-18-36-16-13-24(26)25-6-2-3-7-30(25)46-23-10-11-23/h2-3,6-7,9,12-13,16,18,23,28-29,33-34,38,40-42,44-45H,4-5,8,10-11,14-15,17,19-21H2,1H3,(H,37,43)/t28-,29+,33+,34+/m0/s1. The summed E-state index contributed by atoms with van der Waals surface area (Å²) in [4.78, 5) is 21.6. The SMILES string of the molecule is Cc1ccc(SCCCCC(=O)NC[C@H](O)[C@@H](O)[C@H](O)[C@H](O)CO)nc1CNC1(c2cnccc2-c2ccccc2OC2CC2)CC1. The zero-order valence-electron chi connectivity index (χ0n) is 26.7. The van der Waals surface area contributed by atoms with E-state index in [1.165, 1.54) is 5.56 Å². The van der Waals surface area contributed by atoms with E-state index < -0.39 is 31.0 Å². The molecule has 47 heavy (non-hydrogen) atoms. The molecule has 2 saturated carbocycles. The van der Waals surface area contributed by atoms with Gasteiger partial charge in [0.15, 0.2) is 0 Å². The fourth-order valence-electron chi connectivity index (χ4n) is 5.45. The molecular weight excluding hydrogens is 620 g/mol. The zero-order valence-corrected chi connectivity index (χ0v) is 27.5. The first kappa shape index (κ1) is 35.2. The lowest BCUT2D eigenvalue weighted by molar-refractivity contribution is -0.126. The first-order valence-electron chi connectivity index (χ1n) is 16.4. The van der Waals surface area contributed by atoms with Crippen LogP contribution in [0.15, 0.2) is 59.9 Å². The van der Waals surface area contributed by atoms with Crippen molar-refractivity contribution in [3.63, 3.8) is 0 Å². The third kappa shape index (κ3) is 9.50. The number of rotatable bonds is 19. The van der Waals surface area contributed by atoms with Gasteiger partial charge >= 0.3 is 0 Å². The second kappa shape index (κ2) is 16.3. The maximum Gasteiger partial charge on any atom is 0.220 e. The molecule has 1 amide bonds. The topological polar surface area (TPSA) is 177 Å². The second-order valence-electron chi connectivity index (χ2n) is 12.5. The number of nitrogens with one attached hydrogen (secondary N) is 2. The number of nitrogens with zero attached hydrogens (tertiary/aromatic N) is 2. The first-order valence-corrected chi connectivity index (χ1v) is 17.3. The number of para-hydroxylation sites is 1. The molecule has 0 bridgehead atoms. The van der Waals surface area contributed by atoms with E-state index in [4.69, 9.17) is 14.8 Å². The Hall–Kier alpha value is -3.10. The van der Waals surface area contributed by atoms with Gasteiger partial charge in [0.1, 0.15) is 24.1 Å². The molecule has 12 heteroatoms. The van der Waals surface area contributed by atoms with Crippen molar-refractivity contribution in [1.82, 2.24) is 20.6 Å². The molecule has 1 aromatic carbocycles. The van der Waals surface area contributed by atoms with Crippen molar-refractivity contribution in [1.29, 1.82) is 0 Å². The van der Waals surface area contributed by atoms with Crippen molar-refractivity contribution in [2.45, 2.75) is 99.5 Å². The zero-order chi connectivity index (χ0) is 33.4. The second-order valence-corrected chi connectivity index (χ2v) is 13.6. The van der Waals surface area contributed by atoms with Crippen molar-refractivity contribution in [3.05, 3.63) is 71.7 Å². The Morgan fingerprint density at radius 3 is 2.53 bits per heavy atom. The molecule has 3 aromatic rings. The van der Waals surface area contributed by atoms with Gasteiger partial charge in [-0.25, -0.2) is 4.98 Å². The molecule has 7 N–H and O–H groups in total. The quantitative estimate of drug-likeness (QED) is 0.0739. The fourth-order valence-corrected chi connectivity index (χ4v) is 6.35. The van der Waals surface area contributed by atoms with Crippen LogP contribution >= 0.6 is 11.8 Å². The van der Waals surface area contributed by atoms with Gasteiger partial charge in [0.05, 0.1) is 29.5 Å². The minimum absolute atomic E-state index is 0.164. The number of amides is 1. The average molecular weight is 667 g/mol. The van der Waals surface area contributed by atoms with Gasteiger partial charge in [0.2, 0.25) is 5.91 Å². The van der Waals surface area contributed by atoms with Crippen LogP contribution in [0.2, 0.25) is 0 Å². The first-order chi connectivity index (χ1) is 22.7. The molecule has 2 aliphatic rings. The van der Waals surface area contributed by atoms with Gasteiger partial charge in [-0.05, 0) is 86.1 Å². The van der Waals surface area contributed by atoms with Gasteiger partial charge in [-0.2, -0.15) is 0 Å². The number of carbonyl (C=O) groups is 1. The van der Waals surface area contributed by atoms with Crippen molar-refractivity contribution < 1.29 is 35.1 Å². The molecule has 2 aromatic heterocycles. The van der Waals surface area contributed by atoms with Crippen LogP contribution in [0.4, 0.5) is 0 Å². The number of thioether (sulfide) groups is 1. The number of unbranched alkanes of at least 4 members (excludes halogenated alkanes) is 1. The minimum atomic E-state index is -1.72. The summed E-state index contributed by atoms with van der Waals surface area (Å²) < 4.78 is 6.25. The predicted octanol–water partition coefficient (Wildman–Crippen LogP) is 2.59. The van der Waals surface area contributed by atoms with Crippen LogP contribution in [-0.2, 0) is 16.9 Å². The Kier molecular flexibility index (Phi) is 12.2. The summed E-state index contributed by atoms with van der Waals surface area (Å²) in [5.41, 5.74) is 5.39. The summed E-state index contributed by atoms with van der Waals surface area (Å²) in [6, 6.07) is 14.5. The van der Waals surface area contributed by atoms with Gasteiger partial charge in [-0.1, -0.05) is 24.3 Å². The van der Waals surface area contributed by atoms with Gasteiger partial charge < -0.3 is 40.9 Å². The van der Waals surface area contributed by atoms with Gasteiger partial charge in [-0.15, -0.1) is 11.8 Å². The highest BCUT2D eigenvalue weighted by molar-refractivity contribution is 7.99. The van der Waals surface area contributed by atoms with E-state index in [2.05, 4.69) is 52.9 Å². The van der Waals surface area contributed by atoms with Crippen molar-refractivity contribution in [3.8, 4) is 16.9 Å². The van der Waals surface area contributed by atoms with Crippen LogP contribution in [0.5, 0.6) is 5.75 Å². The Morgan fingerprint density at radius 2 is 1.79 bits per heavy atom. The summed E-state index contributed by atoms with van der Waals surface area (Å²) in [6.07, 6.45) is 3.58. The highest BCUT2D eigenvalue weighted by Crippen LogP contribution is 2.50. The lowest BCUT2D eigenvalue weighted by Crippen LogP contribution is -2.49. The van der Waals surface area contributed by atoms with E-state index in [9.17, 15) is 25.2 Å². The van der Waals surface area contributed by atoms with E-state index in [0.717, 1.165) is 71.0 Å². The summed E-state index contributed by atoms with van der Waals surface area (Å²) in [6.45, 7) is 1.67. The summed E-state index contributed by atoms with van der Waals surface area (Å²) >= 11 is 1.64. The van der Waals surface area contributed by atoms with Crippen LogP contribution in [-0.4, -0.2) is 90.8 Å². The lowest BCUT2D eigenvalue weighted by atomic mass is 9.94. The molecular formula is C35H46N4O7S. The van der Waals surface area contributed by atoms with E-state index in [1.807, 2.05) is 24.5 Å². The molecule has 11 nitrogen and oxygen atoms in total. The summed E-state index contributed by atoms with van der Waals surface area (Å²) in [5, 5.41) is 55.1. The lowest BCUT2D eigenvalue weighted by Gasteiger charge is -2.25. The van der Waals surface area contributed by atoms with Crippen LogP contribution in [0.25, 0.3) is 11.1 Å². The smallest absolute Gasteiger partial charge is 0.220 e. The number of benzene rings is 1. The number of pyridine rings is 2. The molecule has 254 valence electrons. The van der Waals surface area contributed by atoms with Crippen LogP contribution in [0, 0.1) is 6.92 Å². The van der Waals surface area contributed by atoms with Crippen LogP contribution in [0.1, 0.15) is 61.8 Å².